The first-order valence-electron chi connectivity index (χ1n) is 6.86. The van der Waals surface area contributed by atoms with E-state index in [2.05, 4.69) is 10.5 Å². The molecule has 0 aliphatic rings. The summed E-state index contributed by atoms with van der Waals surface area (Å²) >= 11 is 0. The lowest BCUT2D eigenvalue weighted by molar-refractivity contribution is -0.384. The molecular weight excluding hydrogens is 298 g/mol. The topological polar surface area (TPSA) is 93.8 Å². The summed E-state index contributed by atoms with van der Waals surface area (Å²) in [6, 6.07) is 15.2. The highest BCUT2D eigenvalue weighted by Gasteiger charge is 2.05. The zero-order chi connectivity index (χ0) is 16.5. The van der Waals surface area contributed by atoms with Gasteiger partial charge in [0.2, 0.25) is 0 Å². The van der Waals surface area contributed by atoms with Gasteiger partial charge in [-0.05, 0) is 17.7 Å². The Morgan fingerprint density at radius 3 is 2.52 bits per heavy atom. The first-order valence-corrected chi connectivity index (χ1v) is 6.86. The van der Waals surface area contributed by atoms with E-state index in [9.17, 15) is 14.9 Å². The molecule has 0 radical (unpaired) electrons. The first-order chi connectivity index (χ1) is 11.1. The fraction of sp³-hybridized carbons (Fsp3) is 0.125. The van der Waals surface area contributed by atoms with E-state index in [4.69, 9.17) is 4.74 Å². The Kier molecular flexibility index (Phi) is 5.81. The second-order valence-corrected chi connectivity index (χ2v) is 4.58. The average Bonchev–Trinajstić information content (AvgIpc) is 2.58. The number of carbonyl (C=O) groups excluding carboxylic acids is 1. The van der Waals surface area contributed by atoms with Gasteiger partial charge in [-0.1, -0.05) is 30.3 Å². The lowest BCUT2D eigenvalue weighted by Gasteiger charge is -2.04. The summed E-state index contributed by atoms with van der Waals surface area (Å²) < 4.78 is 5.21. The van der Waals surface area contributed by atoms with Crippen molar-refractivity contribution in [3.8, 4) is 5.75 Å². The minimum absolute atomic E-state index is 0.0349. The van der Waals surface area contributed by atoms with Crippen molar-refractivity contribution in [1.29, 1.82) is 0 Å². The Morgan fingerprint density at radius 1 is 1.17 bits per heavy atom. The van der Waals surface area contributed by atoms with Crippen molar-refractivity contribution in [2.45, 2.75) is 6.42 Å². The molecule has 0 heterocycles. The number of benzene rings is 2. The molecule has 0 aromatic heterocycles. The van der Waals surface area contributed by atoms with Gasteiger partial charge in [0.05, 0.1) is 4.92 Å². The van der Waals surface area contributed by atoms with Crippen LogP contribution < -0.4 is 10.2 Å². The molecule has 0 bridgehead atoms. The Balaban J connectivity index is 1.71. The Morgan fingerprint density at radius 2 is 1.87 bits per heavy atom. The van der Waals surface area contributed by atoms with E-state index in [1.165, 1.54) is 24.3 Å². The Hall–Kier alpha value is -3.22. The summed E-state index contributed by atoms with van der Waals surface area (Å²) in [5, 5.41) is 14.3. The number of nitro groups is 1. The van der Waals surface area contributed by atoms with E-state index in [1.54, 1.807) is 6.21 Å². The summed E-state index contributed by atoms with van der Waals surface area (Å²) in [6.07, 6.45) is 2.21. The molecule has 0 unspecified atom stereocenters. The van der Waals surface area contributed by atoms with Crippen LogP contribution in [-0.2, 0) is 11.2 Å². The zero-order valence-electron chi connectivity index (χ0n) is 12.2. The molecule has 0 spiro atoms. The van der Waals surface area contributed by atoms with Crippen molar-refractivity contribution in [1.82, 2.24) is 5.43 Å². The van der Waals surface area contributed by atoms with E-state index in [1.807, 2.05) is 30.3 Å². The maximum atomic E-state index is 11.5. The highest BCUT2D eigenvalue weighted by atomic mass is 16.6. The van der Waals surface area contributed by atoms with Gasteiger partial charge in [-0.2, -0.15) is 5.10 Å². The molecule has 2 aromatic rings. The number of hydrogen-bond donors (Lipinski definition) is 1. The predicted octanol–water partition coefficient (Wildman–Crippen LogP) is 2.32. The number of carbonyl (C=O) groups is 1. The van der Waals surface area contributed by atoms with Crippen LogP contribution >= 0.6 is 0 Å². The smallest absolute Gasteiger partial charge is 0.277 e. The Labute approximate surface area is 132 Å². The number of amides is 1. The van der Waals surface area contributed by atoms with Crippen LogP contribution in [0.5, 0.6) is 5.75 Å². The molecule has 0 aliphatic heterocycles. The third-order valence-corrected chi connectivity index (χ3v) is 2.87. The molecule has 0 saturated carbocycles. The minimum Gasteiger partial charge on any atom is -0.484 e. The van der Waals surface area contributed by atoms with Gasteiger partial charge in [-0.25, -0.2) is 5.43 Å². The molecule has 0 saturated heterocycles. The molecular formula is C16H15N3O4. The molecule has 2 aromatic carbocycles. The second kappa shape index (κ2) is 8.28. The predicted molar refractivity (Wildman–Crippen MR) is 85.4 cm³/mol. The molecule has 0 fully saturated rings. The van der Waals surface area contributed by atoms with Gasteiger partial charge in [0.15, 0.2) is 6.61 Å². The molecule has 7 nitrogen and oxygen atoms in total. The lowest BCUT2D eigenvalue weighted by atomic mass is 10.2. The Bertz CT molecular complexity index is 684. The molecule has 0 aliphatic carbocycles. The van der Waals surface area contributed by atoms with Crippen LogP contribution in [0, 0.1) is 10.1 Å². The van der Waals surface area contributed by atoms with Crippen LogP contribution in [0.1, 0.15) is 5.56 Å². The van der Waals surface area contributed by atoms with Gasteiger partial charge >= 0.3 is 0 Å². The SMILES string of the molecule is O=C(COc1ccc([N+](=O)[O-])cc1)NN=CCc1ccccc1. The van der Waals surface area contributed by atoms with Crippen molar-refractivity contribution in [3.63, 3.8) is 0 Å². The molecule has 118 valence electrons. The standard InChI is InChI=1S/C16H15N3O4/c20-16(18-17-11-10-13-4-2-1-3-5-13)12-23-15-8-6-14(7-9-15)19(21)22/h1-9,11H,10,12H2,(H,18,20). The fourth-order valence-electron chi connectivity index (χ4n) is 1.73. The third-order valence-electron chi connectivity index (χ3n) is 2.87. The molecule has 1 N–H and O–H groups in total. The number of ether oxygens (including phenoxy) is 1. The summed E-state index contributed by atoms with van der Waals surface area (Å²) in [4.78, 5) is 21.6. The molecule has 0 atom stereocenters. The van der Waals surface area contributed by atoms with Crippen molar-refractivity contribution < 1.29 is 14.5 Å². The largest absolute Gasteiger partial charge is 0.484 e. The number of rotatable bonds is 7. The van der Waals surface area contributed by atoms with E-state index < -0.39 is 10.8 Å². The number of hydrogen-bond acceptors (Lipinski definition) is 5. The lowest BCUT2D eigenvalue weighted by Crippen LogP contribution is -2.24. The van der Waals surface area contributed by atoms with Crippen LogP contribution in [0.2, 0.25) is 0 Å². The monoisotopic (exact) mass is 313 g/mol. The number of nitrogens with one attached hydrogen (secondary N) is 1. The van der Waals surface area contributed by atoms with E-state index >= 15 is 0 Å². The number of hydrazone groups is 1. The molecule has 1 amide bonds. The quantitative estimate of drug-likeness (QED) is 0.482. The first kappa shape index (κ1) is 16.2. The normalized spacial score (nSPS) is 10.4. The highest BCUT2D eigenvalue weighted by molar-refractivity contribution is 5.78. The molecule has 7 heteroatoms. The van der Waals surface area contributed by atoms with E-state index in [0.717, 1.165) is 5.56 Å². The van der Waals surface area contributed by atoms with Crippen molar-refractivity contribution in [2.75, 3.05) is 6.61 Å². The van der Waals surface area contributed by atoms with Gasteiger partial charge in [-0.3, -0.25) is 14.9 Å². The molecule has 23 heavy (non-hydrogen) atoms. The zero-order valence-corrected chi connectivity index (χ0v) is 12.2. The number of non-ortho nitro benzene ring substituents is 1. The summed E-state index contributed by atoms with van der Waals surface area (Å²) in [7, 11) is 0. The van der Waals surface area contributed by atoms with E-state index in [0.29, 0.717) is 12.2 Å². The number of nitro benzene ring substituents is 1. The summed E-state index contributed by atoms with van der Waals surface area (Å²) in [5.41, 5.74) is 3.41. The van der Waals surface area contributed by atoms with Crippen molar-refractivity contribution >= 4 is 17.8 Å². The van der Waals surface area contributed by atoms with Crippen LogP contribution in [-0.4, -0.2) is 23.7 Å². The van der Waals surface area contributed by atoms with Crippen LogP contribution in [0.15, 0.2) is 59.7 Å². The maximum Gasteiger partial charge on any atom is 0.277 e. The average molecular weight is 313 g/mol. The fourth-order valence-corrected chi connectivity index (χ4v) is 1.73. The van der Waals surface area contributed by atoms with Gasteiger partial charge < -0.3 is 4.74 Å². The third kappa shape index (κ3) is 5.58. The highest BCUT2D eigenvalue weighted by Crippen LogP contribution is 2.16. The van der Waals surface area contributed by atoms with E-state index in [-0.39, 0.29) is 12.3 Å². The van der Waals surface area contributed by atoms with Gasteiger partial charge in [0, 0.05) is 24.8 Å². The van der Waals surface area contributed by atoms with Gasteiger partial charge in [0.25, 0.3) is 11.6 Å². The summed E-state index contributed by atoms with van der Waals surface area (Å²) in [5.74, 6) is -0.0355. The second-order valence-electron chi connectivity index (χ2n) is 4.58. The van der Waals surface area contributed by atoms with Crippen molar-refractivity contribution in [2.24, 2.45) is 5.10 Å². The summed E-state index contributed by atoms with van der Waals surface area (Å²) in [6.45, 7) is -0.222. The molecule has 2 rings (SSSR count). The van der Waals surface area contributed by atoms with Gasteiger partial charge in [-0.15, -0.1) is 0 Å². The van der Waals surface area contributed by atoms with Crippen molar-refractivity contribution in [3.05, 3.63) is 70.3 Å². The maximum absolute atomic E-state index is 11.5. The van der Waals surface area contributed by atoms with Crippen LogP contribution in [0.3, 0.4) is 0 Å². The van der Waals surface area contributed by atoms with Crippen LogP contribution in [0.25, 0.3) is 0 Å². The van der Waals surface area contributed by atoms with Crippen LogP contribution in [0.4, 0.5) is 5.69 Å². The van der Waals surface area contributed by atoms with Gasteiger partial charge in [0.1, 0.15) is 5.75 Å². The number of nitrogens with zero attached hydrogens (tertiary/aromatic N) is 2. The minimum atomic E-state index is -0.502.